The van der Waals surface area contributed by atoms with Gasteiger partial charge in [-0.2, -0.15) is 0 Å². The Morgan fingerprint density at radius 1 is 1.06 bits per heavy atom. The lowest BCUT2D eigenvalue weighted by atomic mass is 10.1. The zero-order valence-electron chi connectivity index (χ0n) is 17.9. The molecule has 0 radical (unpaired) electrons. The van der Waals surface area contributed by atoms with E-state index in [1.807, 2.05) is 48.0 Å². The maximum Gasteiger partial charge on any atom is 0.250 e. The van der Waals surface area contributed by atoms with Crippen LogP contribution in [0.15, 0.2) is 84.6 Å². The van der Waals surface area contributed by atoms with Crippen molar-refractivity contribution < 1.29 is 4.74 Å². The number of nitrogens with zero attached hydrogens (tertiary/aromatic N) is 5. The van der Waals surface area contributed by atoms with Crippen molar-refractivity contribution in [3.63, 3.8) is 0 Å². The van der Waals surface area contributed by atoms with Crippen molar-refractivity contribution in [1.29, 1.82) is 0 Å². The molecule has 164 valence electrons. The summed E-state index contributed by atoms with van der Waals surface area (Å²) < 4.78 is 9.80. The van der Waals surface area contributed by atoms with E-state index < -0.39 is 0 Å². The summed E-state index contributed by atoms with van der Waals surface area (Å²) in [7, 11) is 0. The molecule has 33 heavy (non-hydrogen) atoms. The van der Waals surface area contributed by atoms with Crippen LogP contribution >= 0.6 is 11.6 Å². The molecule has 0 atom stereocenters. The van der Waals surface area contributed by atoms with Crippen LogP contribution in [0.2, 0.25) is 5.02 Å². The average Bonchev–Trinajstić information content (AvgIpc) is 3.35. The number of rotatable bonds is 6. The van der Waals surface area contributed by atoms with Gasteiger partial charge in [0.05, 0.1) is 23.6 Å². The lowest BCUT2D eigenvalue weighted by Gasteiger charge is -2.15. The highest BCUT2D eigenvalue weighted by molar-refractivity contribution is 6.31. The van der Waals surface area contributed by atoms with E-state index in [2.05, 4.69) is 9.97 Å². The molecule has 0 fully saturated rings. The third-order valence-corrected chi connectivity index (χ3v) is 5.72. The van der Waals surface area contributed by atoms with E-state index in [1.165, 1.54) is 6.07 Å². The number of aryl methyl sites for hydroxylation is 1. The third-order valence-electron chi connectivity index (χ3n) is 5.40. The van der Waals surface area contributed by atoms with Gasteiger partial charge in [0.1, 0.15) is 17.9 Å². The van der Waals surface area contributed by atoms with Crippen LogP contribution in [0.5, 0.6) is 5.75 Å². The molecule has 5 aromatic rings. The fourth-order valence-corrected chi connectivity index (χ4v) is 4.02. The molecule has 0 saturated heterocycles. The first-order valence-electron chi connectivity index (χ1n) is 10.4. The van der Waals surface area contributed by atoms with Gasteiger partial charge in [0.2, 0.25) is 0 Å². The van der Waals surface area contributed by atoms with Crippen molar-refractivity contribution in [2.75, 3.05) is 0 Å². The van der Waals surface area contributed by atoms with E-state index in [4.69, 9.17) is 21.3 Å². The average molecular weight is 458 g/mol. The molecule has 0 amide bonds. The van der Waals surface area contributed by atoms with Crippen LogP contribution in [0.4, 0.5) is 0 Å². The second kappa shape index (κ2) is 8.88. The molecule has 8 heteroatoms. The van der Waals surface area contributed by atoms with Crippen LogP contribution in [0.1, 0.15) is 16.8 Å². The third kappa shape index (κ3) is 4.23. The Hall–Kier alpha value is -3.97. The van der Waals surface area contributed by atoms with Gasteiger partial charge in [-0.1, -0.05) is 29.8 Å². The quantitative estimate of drug-likeness (QED) is 0.373. The van der Waals surface area contributed by atoms with Crippen LogP contribution < -0.4 is 10.3 Å². The lowest BCUT2D eigenvalue weighted by molar-refractivity contribution is 0.307. The van der Waals surface area contributed by atoms with Crippen molar-refractivity contribution in [3.05, 3.63) is 112 Å². The second-order valence-corrected chi connectivity index (χ2v) is 8.03. The molecule has 0 bridgehead atoms. The highest BCUT2D eigenvalue weighted by Gasteiger charge is 2.14. The molecule has 0 aliphatic rings. The van der Waals surface area contributed by atoms with E-state index in [1.54, 1.807) is 41.7 Å². The Labute approximate surface area is 194 Å². The molecule has 5 rings (SSSR count). The number of imidazole rings is 1. The number of benzene rings is 1. The molecule has 0 unspecified atom stereocenters. The van der Waals surface area contributed by atoms with Crippen LogP contribution in [-0.4, -0.2) is 24.1 Å². The number of hydrogen-bond donors (Lipinski definition) is 0. The van der Waals surface area contributed by atoms with E-state index in [0.717, 1.165) is 33.4 Å². The molecule has 0 aliphatic heterocycles. The van der Waals surface area contributed by atoms with Gasteiger partial charge in [-0.15, -0.1) is 0 Å². The van der Waals surface area contributed by atoms with Gasteiger partial charge >= 0.3 is 0 Å². The van der Waals surface area contributed by atoms with Gasteiger partial charge in [0.25, 0.3) is 5.56 Å². The zero-order valence-corrected chi connectivity index (χ0v) is 18.6. The molecular weight excluding hydrogens is 438 g/mol. The summed E-state index contributed by atoms with van der Waals surface area (Å²) in [5.74, 6) is 0.647. The predicted octanol–water partition coefficient (Wildman–Crippen LogP) is 4.57. The fourth-order valence-electron chi connectivity index (χ4n) is 3.78. The number of ether oxygens (including phenoxy) is 1. The summed E-state index contributed by atoms with van der Waals surface area (Å²) >= 11 is 6.48. The summed E-state index contributed by atoms with van der Waals surface area (Å²) in [6.45, 7) is 2.52. The monoisotopic (exact) mass is 457 g/mol. The Morgan fingerprint density at radius 3 is 2.79 bits per heavy atom. The number of pyridine rings is 3. The minimum atomic E-state index is -0.0925. The van der Waals surface area contributed by atoms with Crippen LogP contribution in [0.3, 0.4) is 0 Å². The van der Waals surface area contributed by atoms with Crippen molar-refractivity contribution in [3.8, 4) is 11.4 Å². The van der Waals surface area contributed by atoms with Crippen LogP contribution in [0.25, 0.3) is 16.6 Å². The Morgan fingerprint density at radius 2 is 1.97 bits per heavy atom. The minimum Gasteiger partial charge on any atom is -0.487 e. The van der Waals surface area contributed by atoms with Crippen molar-refractivity contribution >= 4 is 22.5 Å². The number of para-hydroxylation sites is 1. The summed E-state index contributed by atoms with van der Waals surface area (Å²) in [5, 5.41) is 1.44. The lowest BCUT2D eigenvalue weighted by Crippen LogP contribution is -2.19. The maximum absolute atomic E-state index is 12.2. The highest BCUT2D eigenvalue weighted by atomic mass is 35.5. The molecule has 0 N–H and O–H groups in total. The molecular formula is C25H20ClN5O2. The predicted molar refractivity (Wildman–Crippen MR) is 127 cm³/mol. The standard InChI is InChI=1S/C25H20ClN5O2/c1-17-11-22(31-10-8-27-16-31)19-5-4-6-23(25(19)29-17)33-15-20-18(12-28-13-21(20)26)14-30-9-3-2-7-24(30)32/h2-13,16H,14-15H2,1H3. The second-order valence-electron chi connectivity index (χ2n) is 7.62. The first-order chi connectivity index (χ1) is 16.1. The summed E-state index contributed by atoms with van der Waals surface area (Å²) in [6, 6.07) is 12.9. The summed E-state index contributed by atoms with van der Waals surface area (Å²) in [5.41, 5.74) is 4.11. The molecule has 4 heterocycles. The summed E-state index contributed by atoms with van der Waals surface area (Å²) in [6.07, 6.45) is 10.4. The molecule has 1 aromatic carbocycles. The molecule has 7 nitrogen and oxygen atoms in total. The van der Waals surface area contributed by atoms with Gasteiger partial charge < -0.3 is 13.9 Å². The highest BCUT2D eigenvalue weighted by Crippen LogP contribution is 2.30. The van der Waals surface area contributed by atoms with Gasteiger partial charge in [-0.05, 0) is 30.7 Å². The van der Waals surface area contributed by atoms with Gasteiger partial charge in [0, 0.05) is 53.7 Å². The van der Waals surface area contributed by atoms with Crippen molar-refractivity contribution in [1.82, 2.24) is 24.1 Å². The minimum absolute atomic E-state index is 0.0925. The summed E-state index contributed by atoms with van der Waals surface area (Å²) in [4.78, 5) is 25.3. The van der Waals surface area contributed by atoms with E-state index >= 15 is 0 Å². The van der Waals surface area contributed by atoms with Gasteiger partial charge in [0.15, 0.2) is 0 Å². The van der Waals surface area contributed by atoms with E-state index in [0.29, 0.717) is 17.3 Å². The van der Waals surface area contributed by atoms with Crippen LogP contribution in [-0.2, 0) is 13.2 Å². The first kappa shape index (κ1) is 20.9. The fraction of sp³-hybridized carbons (Fsp3) is 0.120. The van der Waals surface area contributed by atoms with Crippen molar-refractivity contribution in [2.24, 2.45) is 0 Å². The Balaban J connectivity index is 1.50. The smallest absolute Gasteiger partial charge is 0.250 e. The zero-order chi connectivity index (χ0) is 22.8. The largest absolute Gasteiger partial charge is 0.487 e. The number of fused-ring (bicyclic) bond motifs is 1. The molecule has 4 aromatic heterocycles. The Kier molecular flexibility index (Phi) is 5.62. The SMILES string of the molecule is Cc1cc(-n2ccnc2)c2cccc(OCc3c(Cl)cncc3Cn3ccccc3=O)c2n1. The number of halogens is 1. The Bertz CT molecular complexity index is 1500. The van der Waals surface area contributed by atoms with Crippen molar-refractivity contribution in [2.45, 2.75) is 20.1 Å². The number of hydrogen-bond acceptors (Lipinski definition) is 5. The van der Waals surface area contributed by atoms with Gasteiger partial charge in [-0.25, -0.2) is 9.97 Å². The normalized spacial score (nSPS) is 11.1. The molecule has 0 aliphatic carbocycles. The van der Waals surface area contributed by atoms with E-state index in [9.17, 15) is 4.79 Å². The van der Waals surface area contributed by atoms with E-state index in [-0.39, 0.29) is 12.2 Å². The van der Waals surface area contributed by atoms with Gasteiger partial charge in [-0.3, -0.25) is 9.78 Å². The maximum atomic E-state index is 12.2. The topological polar surface area (TPSA) is 74.8 Å². The molecule has 0 saturated carbocycles. The first-order valence-corrected chi connectivity index (χ1v) is 10.8. The van der Waals surface area contributed by atoms with Crippen LogP contribution in [0, 0.1) is 6.92 Å². The number of aromatic nitrogens is 5. The molecule has 0 spiro atoms.